The van der Waals surface area contributed by atoms with Gasteiger partial charge in [0.2, 0.25) is 5.89 Å². The van der Waals surface area contributed by atoms with Crippen molar-refractivity contribution in [3.8, 4) is 62.0 Å². The van der Waals surface area contributed by atoms with Crippen LogP contribution in [0.15, 0.2) is 161 Å². The number of hydrogen-bond donors (Lipinski definition) is 0. The van der Waals surface area contributed by atoms with E-state index >= 15 is 0 Å². The summed E-state index contributed by atoms with van der Waals surface area (Å²) in [6.45, 7) is 11.0. The van der Waals surface area contributed by atoms with Gasteiger partial charge in [-0.05, 0) is 155 Å². The van der Waals surface area contributed by atoms with Crippen molar-refractivity contribution in [1.82, 2.24) is 19.5 Å². The van der Waals surface area contributed by atoms with E-state index in [1.54, 1.807) is 36.5 Å². The minimum atomic E-state index is -2.87. The second-order valence-electron chi connectivity index (χ2n) is 23.3. The first-order valence-corrected chi connectivity index (χ1v) is 27.3. The zero-order valence-corrected chi connectivity index (χ0v) is 49.2. The molecule has 0 unspecified atom stereocenters. The molecule has 0 saturated heterocycles. The molecule has 6 nitrogen and oxygen atoms in total. The Labute approximate surface area is 505 Å². The molecule has 0 amide bonds. The molecule has 0 spiro atoms. The average molecular weight is 1240 g/mol. The number of fused-ring (bicyclic) bond motifs is 4. The minimum Gasteiger partial charge on any atom is -0.501 e. The Morgan fingerprint density at radius 3 is 2.15 bits per heavy atom. The maximum atomic E-state index is 9.37. The standard InChI is InChI=1S/C50H50N3O2.C23H24N.Ir/c1-29(2)41-26-37(34-18-16-33(17-19-34)35-22-24-50(7,8)25-23-35)27-42(30(3)4)46(41)53-44-15-10-9-14-43(44)52-48(53)40-13-11-12-39-38-21-20-36(28-45(38)55-47(39)40)49-51-31(5)32(6)54-49;1-17-10-12-20(14-21(17)19-8-6-5-7-9-19)22-13-11-18(16-24-22)15-23(2,3)4;/h9-12,14-21,26-30,35H,22-25H2,1-8H3;5-11,13-14,16H,15H2,1-4H3;/q2*-1;/i5D3,6D3,28D,35D;1D3,15D2;. The van der Waals surface area contributed by atoms with Crippen LogP contribution in [0.4, 0.5) is 0 Å². The summed E-state index contributed by atoms with van der Waals surface area (Å²) in [6.07, 6.45) is 3.85. The zero-order chi connectivity index (χ0) is 66.4. The third-order valence-corrected chi connectivity index (χ3v) is 15.1. The minimum absolute atomic E-state index is 0. The Balaban J connectivity index is 0.000000264. The molecule has 7 aromatic carbocycles. The van der Waals surface area contributed by atoms with Gasteiger partial charge in [0.15, 0.2) is 0 Å². The van der Waals surface area contributed by atoms with Gasteiger partial charge in [0.05, 0.1) is 29.5 Å². The maximum absolute atomic E-state index is 9.37. The second-order valence-corrected chi connectivity index (χ2v) is 23.3. The number of imidazole rings is 1. The van der Waals surface area contributed by atoms with E-state index in [1.165, 1.54) is 6.07 Å². The van der Waals surface area contributed by atoms with Crippen molar-refractivity contribution in [2.24, 2.45) is 10.8 Å². The van der Waals surface area contributed by atoms with Crippen molar-refractivity contribution in [3.05, 3.63) is 203 Å². The van der Waals surface area contributed by atoms with Crippen LogP contribution in [0.5, 0.6) is 0 Å². The van der Waals surface area contributed by atoms with Gasteiger partial charge in [-0.3, -0.25) is 4.98 Å². The predicted molar refractivity (Wildman–Crippen MR) is 328 cm³/mol. The molecular formula is C73H74IrN4O2-2. The van der Waals surface area contributed by atoms with Crippen LogP contribution < -0.4 is 0 Å². The van der Waals surface area contributed by atoms with E-state index in [4.69, 9.17) is 28.9 Å². The van der Waals surface area contributed by atoms with Crippen LogP contribution in [0, 0.1) is 43.5 Å². The molecule has 80 heavy (non-hydrogen) atoms. The van der Waals surface area contributed by atoms with Gasteiger partial charge in [-0.1, -0.05) is 171 Å². The Hall–Kier alpha value is -7.18. The number of hydrogen-bond acceptors (Lipinski definition) is 5. The summed E-state index contributed by atoms with van der Waals surface area (Å²) in [5.41, 5.74) is 12.2. The van der Waals surface area contributed by atoms with Gasteiger partial charge in [0.1, 0.15) is 11.3 Å². The van der Waals surface area contributed by atoms with Crippen molar-refractivity contribution in [3.63, 3.8) is 0 Å². The maximum Gasteiger partial charge on any atom is 0.226 e. The molecule has 11 aromatic rings. The summed E-state index contributed by atoms with van der Waals surface area (Å²) < 4.78 is 121. The molecular weight excluding hydrogens is 1160 g/mol. The number of rotatable bonds is 10. The summed E-state index contributed by atoms with van der Waals surface area (Å²) in [5.74, 6) is -0.734. The molecule has 0 aliphatic heterocycles. The largest absolute Gasteiger partial charge is 0.501 e. The fraction of sp³-hybridized carbons (Fsp3) is 0.301. The molecule has 409 valence electrons. The van der Waals surface area contributed by atoms with E-state index in [-0.39, 0.29) is 66.0 Å². The van der Waals surface area contributed by atoms with E-state index in [2.05, 4.69) is 111 Å². The smallest absolute Gasteiger partial charge is 0.226 e. The van der Waals surface area contributed by atoms with Crippen LogP contribution in [0.2, 0.25) is 0 Å². The van der Waals surface area contributed by atoms with Gasteiger partial charge in [0.25, 0.3) is 0 Å². The number of pyridine rings is 1. The SMILES string of the molecule is [2H]C([2H])([2H])c1c[c-]c(-c2ccc(C([2H])([2H])C(C)(C)C)cn2)cc1-c1ccccc1.[2H]c1c(-c2nc(C([2H])([2H])[2H])c(C([2H])([2H])[2H])o2)ccc2c1oc1c(-c3nc4ccccc4n3-c3c(C(C)C)cc(-c4ccc(C5([2H])CCC(C)(C)CC5)cc4)cc3C(C)C)[c-]ccc12.[Ir]. The molecule has 0 bridgehead atoms. The molecule has 4 aromatic heterocycles. The van der Waals surface area contributed by atoms with E-state index in [9.17, 15) is 2.74 Å². The topological polar surface area (TPSA) is 69.9 Å². The molecule has 1 aliphatic carbocycles. The summed E-state index contributed by atoms with van der Waals surface area (Å²) in [7, 11) is 0. The average Bonchev–Trinajstić information content (AvgIpc) is 1.61. The third-order valence-electron chi connectivity index (χ3n) is 15.1. The quantitative estimate of drug-likeness (QED) is 0.128. The van der Waals surface area contributed by atoms with Crippen LogP contribution in [-0.4, -0.2) is 19.5 Å². The van der Waals surface area contributed by atoms with Crippen molar-refractivity contribution in [2.45, 2.75) is 133 Å². The Bertz CT molecular complexity index is 4480. The van der Waals surface area contributed by atoms with Gasteiger partial charge in [0, 0.05) is 59.4 Å². The molecule has 0 atom stereocenters. The normalized spacial score (nSPS) is 17.2. The molecule has 12 rings (SSSR count). The molecule has 0 N–H and O–H groups in total. The number of para-hydroxylation sites is 2. The summed E-state index contributed by atoms with van der Waals surface area (Å²) in [5, 5.41) is 1.34. The number of oxazole rings is 1. The van der Waals surface area contributed by atoms with Gasteiger partial charge in [-0.2, -0.15) is 0 Å². The summed E-state index contributed by atoms with van der Waals surface area (Å²) in [4.78, 5) is 13.8. The van der Waals surface area contributed by atoms with Crippen LogP contribution in [-0.2, 0) is 26.5 Å². The fourth-order valence-electron chi connectivity index (χ4n) is 10.8. The van der Waals surface area contributed by atoms with Gasteiger partial charge in [-0.15, -0.1) is 47.5 Å². The van der Waals surface area contributed by atoms with E-state index in [1.807, 2.05) is 81.4 Å². The molecule has 1 aliphatic rings. The monoisotopic (exact) mass is 1240 g/mol. The Morgan fingerprint density at radius 2 is 1.49 bits per heavy atom. The molecule has 1 saturated carbocycles. The summed E-state index contributed by atoms with van der Waals surface area (Å²) >= 11 is 0. The molecule has 7 heteroatoms. The molecule has 1 radical (unpaired) electrons. The first-order valence-electron chi connectivity index (χ1n) is 33.8. The number of aromatic nitrogens is 4. The van der Waals surface area contributed by atoms with Gasteiger partial charge < -0.3 is 18.4 Å². The summed E-state index contributed by atoms with van der Waals surface area (Å²) in [6, 6.07) is 50.8. The first-order chi connectivity index (χ1) is 43.1. The van der Waals surface area contributed by atoms with Gasteiger partial charge in [-0.25, -0.2) is 4.98 Å². The number of furan rings is 1. The van der Waals surface area contributed by atoms with Crippen molar-refractivity contribution in [1.29, 1.82) is 0 Å². The number of aryl methyl sites for hydroxylation is 3. The fourth-order valence-corrected chi connectivity index (χ4v) is 10.8. The van der Waals surface area contributed by atoms with Crippen LogP contribution >= 0.6 is 0 Å². The number of nitrogens with zero attached hydrogens (tertiary/aromatic N) is 4. The second kappa shape index (κ2) is 22.8. The van der Waals surface area contributed by atoms with E-state index in [0.717, 1.165) is 81.2 Å². The van der Waals surface area contributed by atoms with E-state index in [0.29, 0.717) is 44.7 Å². The Morgan fingerprint density at radius 1 is 0.762 bits per heavy atom. The predicted octanol–water partition coefficient (Wildman–Crippen LogP) is 20.4. The van der Waals surface area contributed by atoms with Crippen molar-refractivity contribution in [2.75, 3.05) is 0 Å². The number of benzene rings is 7. The van der Waals surface area contributed by atoms with Crippen molar-refractivity contribution < 1.29 is 46.8 Å². The van der Waals surface area contributed by atoms with Crippen LogP contribution in [0.1, 0.15) is 163 Å². The zero-order valence-electron chi connectivity index (χ0n) is 59.8. The van der Waals surface area contributed by atoms with Gasteiger partial charge >= 0.3 is 0 Å². The molecule has 1 fully saturated rings. The van der Waals surface area contributed by atoms with Crippen LogP contribution in [0.3, 0.4) is 0 Å². The third kappa shape index (κ3) is 11.6. The van der Waals surface area contributed by atoms with E-state index < -0.39 is 49.7 Å². The van der Waals surface area contributed by atoms with Crippen molar-refractivity contribution >= 4 is 33.0 Å². The Kier molecular flexibility index (Phi) is 11.9. The van der Waals surface area contributed by atoms with Crippen LogP contribution in [0.25, 0.3) is 95.0 Å². The molecule has 4 heterocycles. The first kappa shape index (κ1) is 41.8.